The van der Waals surface area contributed by atoms with E-state index in [0.717, 1.165) is 63.8 Å². The quantitative estimate of drug-likeness (QED) is 0.408. The maximum absolute atomic E-state index is 10.1. The van der Waals surface area contributed by atoms with Gasteiger partial charge in [-0.3, -0.25) is 4.99 Å². The summed E-state index contributed by atoms with van der Waals surface area (Å²) in [6.45, 7) is 5.84. The van der Waals surface area contributed by atoms with Crippen LogP contribution in [0.2, 0.25) is 0 Å². The predicted octanol–water partition coefficient (Wildman–Crippen LogP) is 3.09. The largest absolute Gasteiger partial charge is 0.506 e. The van der Waals surface area contributed by atoms with Gasteiger partial charge < -0.3 is 25.0 Å². The van der Waals surface area contributed by atoms with Gasteiger partial charge in [0.1, 0.15) is 5.75 Å². The Hall–Kier alpha value is -2.73. The number of aromatic hydroxyl groups is 1. The fraction of sp³-hybridized carbons (Fsp3) is 0.435. The Morgan fingerprint density at radius 1 is 1.00 bits per heavy atom. The molecule has 2 aromatic carbocycles. The van der Waals surface area contributed by atoms with Crippen LogP contribution in [0, 0.1) is 0 Å². The van der Waals surface area contributed by atoms with Crippen LogP contribution < -0.4 is 10.2 Å². The van der Waals surface area contributed by atoms with Crippen LogP contribution in [0.3, 0.4) is 0 Å². The third-order valence-corrected chi connectivity index (χ3v) is 5.12. The predicted molar refractivity (Wildman–Crippen MR) is 119 cm³/mol. The van der Waals surface area contributed by atoms with Crippen molar-refractivity contribution in [1.82, 2.24) is 10.2 Å². The lowest BCUT2D eigenvalue weighted by Gasteiger charge is -2.37. The second-order valence-electron chi connectivity index (χ2n) is 7.18. The summed E-state index contributed by atoms with van der Waals surface area (Å²) in [7, 11) is 1.83. The number of para-hydroxylation sites is 2. The van der Waals surface area contributed by atoms with Gasteiger partial charge in [-0.15, -0.1) is 0 Å². The molecule has 6 nitrogen and oxygen atoms in total. The zero-order chi connectivity index (χ0) is 20.3. The molecule has 1 fully saturated rings. The number of guanidine groups is 1. The second kappa shape index (κ2) is 11.3. The first-order valence-electron chi connectivity index (χ1n) is 10.4. The molecular formula is C23H32N4O2. The SMILES string of the molecule is CN=C(NCCCCOCc1ccccc1)N1CCN(c2ccccc2O)CC1. The van der Waals surface area contributed by atoms with E-state index in [1.165, 1.54) is 5.56 Å². The molecule has 6 heteroatoms. The third-order valence-electron chi connectivity index (χ3n) is 5.12. The molecular weight excluding hydrogens is 364 g/mol. The standard InChI is InChI=1S/C23H32N4O2/c1-24-23(25-13-7-8-18-29-19-20-9-3-2-4-10-20)27-16-14-26(15-17-27)21-11-5-6-12-22(21)28/h2-6,9-12,28H,7-8,13-19H2,1H3,(H,24,25). The molecule has 0 radical (unpaired) electrons. The maximum atomic E-state index is 10.1. The van der Waals surface area contributed by atoms with Gasteiger partial charge in [-0.1, -0.05) is 42.5 Å². The number of unbranched alkanes of at least 4 members (excludes halogenated alkanes) is 1. The highest BCUT2D eigenvalue weighted by Crippen LogP contribution is 2.27. The molecule has 2 N–H and O–H groups in total. The van der Waals surface area contributed by atoms with Gasteiger partial charge in [-0.2, -0.15) is 0 Å². The number of nitrogens with zero attached hydrogens (tertiary/aromatic N) is 3. The summed E-state index contributed by atoms with van der Waals surface area (Å²) in [6.07, 6.45) is 2.07. The number of ether oxygens (including phenoxy) is 1. The van der Waals surface area contributed by atoms with Crippen LogP contribution in [0.4, 0.5) is 5.69 Å². The Morgan fingerprint density at radius 2 is 1.72 bits per heavy atom. The number of phenols is 1. The summed E-state index contributed by atoms with van der Waals surface area (Å²) in [5.74, 6) is 1.30. The summed E-state index contributed by atoms with van der Waals surface area (Å²) in [5, 5.41) is 13.5. The Balaban J connectivity index is 1.31. The van der Waals surface area contributed by atoms with Crippen LogP contribution in [0.15, 0.2) is 59.6 Å². The molecule has 1 heterocycles. The first kappa shape index (κ1) is 21.0. The highest BCUT2D eigenvalue weighted by Gasteiger charge is 2.21. The second-order valence-corrected chi connectivity index (χ2v) is 7.18. The monoisotopic (exact) mass is 396 g/mol. The lowest BCUT2D eigenvalue weighted by atomic mass is 10.2. The van der Waals surface area contributed by atoms with Crippen LogP contribution in [-0.4, -0.2) is 62.3 Å². The van der Waals surface area contributed by atoms with Gasteiger partial charge in [0.25, 0.3) is 0 Å². The van der Waals surface area contributed by atoms with E-state index in [2.05, 4.69) is 32.2 Å². The number of phenolic OH excluding ortho intramolecular Hbond substituents is 1. The van der Waals surface area contributed by atoms with Crippen LogP contribution in [-0.2, 0) is 11.3 Å². The van der Waals surface area contributed by atoms with Crippen molar-refractivity contribution in [3.8, 4) is 5.75 Å². The number of anilines is 1. The van der Waals surface area contributed by atoms with Gasteiger partial charge >= 0.3 is 0 Å². The van der Waals surface area contributed by atoms with Crippen LogP contribution >= 0.6 is 0 Å². The van der Waals surface area contributed by atoms with Crippen molar-refractivity contribution in [2.75, 3.05) is 51.3 Å². The maximum Gasteiger partial charge on any atom is 0.193 e. The molecule has 2 aromatic rings. The van der Waals surface area contributed by atoms with E-state index in [9.17, 15) is 5.11 Å². The lowest BCUT2D eigenvalue weighted by Crippen LogP contribution is -2.52. The van der Waals surface area contributed by atoms with Gasteiger partial charge in [0, 0.05) is 46.4 Å². The number of rotatable bonds is 8. The van der Waals surface area contributed by atoms with Crippen molar-refractivity contribution in [2.24, 2.45) is 4.99 Å². The molecule has 0 aromatic heterocycles. The summed E-state index contributed by atoms with van der Waals surface area (Å²) >= 11 is 0. The minimum absolute atomic E-state index is 0.345. The molecule has 156 valence electrons. The molecule has 0 saturated carbocycles. The molecule has 1 aliphatic heterocycles. The summed E-state index contributed by atoms with van der Waals surface area (Å²) in [4.78, 5) is 8.94. The average molecular weight is 397 g/mol. The molecule has 0 aliphatic carbocycles. The topological polar surface area (TPSA) is 60.3 Å². The first-order valence-corrected chi connectivity index (χ1v) is 10.4. The van der Waals surface area contributed by atoms with E-state index < -0.39 is 0 Å². The van der Waals surface area contributed by atoms with Gasteiger partial charge in [0.15, 0.2) is 5.96 Å². The molecule has 0 spiro atoms. The Morgan fingerprint density at radius 3 is 2.45 bits per heavy atom. The average Bonchev–Trinajstić information content (AvgIpc) is 2.77. The third kappa shape index (κ3) is 6.39. The van der Waals surface area contributed by atoms with Gasteiger partial charge in [0.2, 0.25) is 0 Å². The zero-order valence-corrected chi connectivity index (χ0v) is 17.3. The molecule has 29 heavy (non-hydrogen) atoms. The fourth-order valence-electron chi connectivity index (χ4n) is 3.52. The van der Waals surface area contributed by atoms with E-state index in [1.807, 2.05) is 43.4 Å². The van der Waals surface area contributed by atoms with Crippen molar-refractivity contribution in [2.45, 2.75) is 19.4 Å². The van der Waals surface area contributed by atoms with Crippen molar-refractivity contribution >= 4 is 11.6 Å². The fourth-order valence-corrected chi connectivity index (χ4v) is 3.52. The number of hydrogen-bond acceptors (Lipinski definition) is 4. The number of hydrogen-bond donors (Lipinski definition) is 2. The minimum atomic E-state index is 0.345. The van der Waals surface area contributed by atoms with Crippen molar-refractivity contribution in [3.05, 3.63) is 60.2 Å². The minimum Gasteiger partial charge on any atom is -0.506 e. The first-order chi connectivity index (χ1) is 14.3. The Kier molecular flexibility index (Phi) is 8.19. The highest BCUT2D eigenvalue weighted by atomic mass is 16.5. The normalized spacial score (nSPS) is 14.9. The summed E-state index contributed by atoms with van der Waals surface area (Å²) in [6, 6.07) is 17.8. The summed E-state index contributed by atoms with van der Waals surface area (Å²) < 4.78 is 5.74. The molecule has 0 amide bonds. The Labute approximate surface area is 173 Å². The van der Waals surface area contributed by atoms with E-state index in [1.54, 1.807) is 6.07 Å². The van der Waals surface area contributed by atoms with Gasteiger partial charge in [-0.05, 0) is 30.5 Å². The number of piperazine rings is 1. The molecule has 1 aliphatic rings. The van der Waals surface area contributed by atoms with E-state index in [4.69, 9.17) is 4.74 Å². The van der Waals surface area contributed by atoms with Crippen molar-refractivity contribution < 1.29 is 9.84 Å². The molecule has 0 atom stereocenters. The highest BCUT2D eigenvalue weighted by molar-refractivity contribution is 5.80. The molecule has 3 rings (SSSR count). The smallest absolute Gasteiger partial charge is 0.193 e. The number of benzene rings is 2. The van der Waals surface area contributed by atoms with Gasteiger partial charge in [0.05, 0.1) is 12.3 Å². The molecule has 0 bridgehead atoms. The van der Waals surface area contributed by atoms with Crippen LogP contribution in [0.5, 0.6) is 5.75 Å². The van der Waals surface area contributed by atoms with E-state index >= 15 is 0 Å². The zero-order valence-electron chi connectivity index (χ0n) is 17.3. The summed E-state index contributed by atoms with van der Waals surface area (Å²) in [5.41, 5.74) is 2.12. The number of nitrogens with one attached hydrogen (secondary N) is 1. The van der Waals surface area contributed by atoms with Crippen LogP contribution in [0.1, 0.15) is 18.4 Å². The lowest BCUT2D eigenvalue weighted by molar-refractivity contribution is 0.117. The van der Waals surface area contributed by atoms with E-state index in [0.29, 0.717) is 12.4 Å². The van der Waals surface area contributed by atoms with Crippen molar-refractivity contribution in [1.29, 1.82) is 0 Å². The van der Waals surface area contributed by atoms with E-state index in [-0.39, 0.29) is 0 Å². The van der Waals surface area contributed by atoms with Crippen LogP contribution in [0.25, 0.3) is 0 Å². The van der Waals surface area contributed by atoms with Crippen molar-refractivity contribution in [3.63, 3.8) is 0 Å². The van der Waals surface area contributed by atoms with Gasteiger partial charge in [-0.25, -0.2) is 0 Å². The number of aliphatic imine (C=N–C) groups is 1. The molecule has 0 unspecified atom stereocenters. The molecule has 1 saturated heterocycles. The Bertz CT molecular complexity index is 758.